The maximum atomic E-state index is 15.2. The Morgan fingerprint density at radius 2 is 1.94 bits per heavy atom. The molecule has 2 atom stereocenters. The van der Waals surface area contributed by atoms with Gasteiger partial charge in [-0.3, -0.25) is 4.79 Å². The third-order valence-corrected chi connectivity index (χ3v) is 7.48. The number of carbonyl (C=O) groups is 1. The fourth-order valence-electron chi connectivity index (χ4n) is 5.32. The second-order valence-corrected chi connectivity index (χ2v) is 9.62. The first kappa shape index (κ1) is 22.0. The van der Waals surface area contributed by atoms with Gasteiger partial charge in [0, 0.05) is 48.2 Å². The van der Waals surface area contributed by atoms with Crippen LogP contribution in [0.3, 0.4) is 0 Å². The number of aromatic amines is 1. The highest BCUT2D eigenvalue weighted by Crippen LogP contribution is 2.44. The summed E-state index contributed by atoms with van der Waals surface area (Å²) in [5.74, 6) is -0.272. The highest BCUT2D eigenvalue weighted by atomic mass is 35.5. The summed E-state index contributed by atoms with van der Waals surface area (Å²) >= 11 is 5.96. The maximum absolute atomic E-state index is 15.2. The third kappa shape index (κ3) is 3.56. The van der Waals surface area contributed by atoms with E-state index in [4.69, 9.17) is 17.3 Å². The van der Waals surface area contributed by atoms with Gasteiger partial charge in [0.05, 0.1) is 23.0 Å². The van der Waals surface area contributed by atoms with E-state index in [1.54, 1.807) is 29.4 Å². The number of aromatic nitrogens is 3. The van der Waals surface area contributed by atoms with Crippen LogP contribution in [0.25, 0.3) is 16.8 Å². The summed E-state index contributed by atoms with van der Waals surface area (Å²) in [7, 11) is 0. The molecule has 3 aliphatic rings. The van der Waals surface area contributed by atoms with E-state index in [1.807, 2.05) is 4.90 Å². The van der Waals surface area contributed by atoms with Crippen LogP contribution < -0.4 is 10.6 Å². The molecule has 2 aromatic heterocycles. The summed E-state index contributed by atoms with van der Waals surface area (Å²) in [6, 6.07) is 4.19. The van der Waals surface area contributed by atoms with Crippen molar-refractivity contribution in [2.45, 2.75) is 37.8 Å². The Balaban J connectivity index is 1.28. The van der Waals surface area contributed by atoms with Crippen molar-refractivity contribution in [3.8, 4) is 11.3 Å². The van der Waals surface area contributed by atoms with Gasteiger partial charge in [0.2, 0.25) is 5.91 Å². The fourth-order valence-corrected chi connectivity index (χ4v) is 5.48. The summed E-state index contributed by atoms with van der Waals surface area (Å²) < 4.78 is 29.9. The number of anilines is 2. The number of hydrogen-bond acceptors (Lipinski definition) is 5. The number of amides is 1. The minimum Gasteiger partial charge on any atom is -0.398 e. The second kappa shape index (κ2) is 8.34. The van der Waals surface area contributed by atoms with E-state index in [9.17, 15) is 9.18 Å². The molecule has 1 amide bonds. The molecule has 0 spiro atoms. The number of rotatable bonds is 4. The van der Waals surface area contributed by atoms with E-state index >= 15 is 4.39 Å². The van der Waals surface area contributed by atoms with Gasteiger partial charge in [0.25, 0.3) is 0 Å². The third-order valence-electron chi connectivity index (χ3n) is 7.19. The lowest BCUT2D eigenvalue weighted by molar-refractivity contribution is -0.129. The summed E-state index contributed by atoms with van der Waals surface area (Å²) in [5.41, 5.74) is 7.95. The Hall–Kier alpha value is -3.46. The number of fused-ring (bicyclic) bond motifs is 1. The predicted octanol–water partition coefficient (Wildman–Crippen LogP) is 4.72. The quantitative estimate of drug-likeness (QED) is 0.510. The maximum Gasteiger partial charge on any atom is 0.247 e. The molecule has 1 aromatic carbocycles. The van der Waals surface area contributed by atoms with Crippen molar-refractivity contribution in [1.29, 1.82) is 0 Å². The van der Waals surface area contributed by atoms with Gasteiger partial charge in [-0.2, -0.15) is 0 Å². The number of H-pyrrole nitrogens is 1. The normalized spacial score (nSPS) is 21.7. The molecule has 5 heterocycles. The molecule has 2 saturated heterocycles. The molecule has 0 bridgehead atoms. The van der Waals surface area contributed by atoms with Crippen molar-refractivity contribution in [1.82, 2.24) is 19.9 Å². The fraction of sp³-hybridized carbons (Fsp3) is 0.320. The van der Waals surface area contributed by atoms with Crippen LogP contribution in [0.5, 0.6) is 0 Å². The zero-order chi connectivity index (χ0) is 24.3. The number of nitrogens with one attached hydrogen (secondary N) is 1. The van der Waals surface area contributed by atoms with E-state index in [0.717, 1.165) is 25.9 Å². The summed E-state index contributed by atoms with van der Waals surface area (Å²) in [6.07, 6.45) is 7.54. The number of nitrogens with two attached hydrogens (primary N) is 1. The van der Waals surface area contributed by atoms with Gasteiger partial charge in [-0.05, 0) is 49.5 Å². The molecule has 0 unspecified atom stereocenters. The molecular formula is C25H23ClF2N6O. The average Bonchev–Trinajstić information content (AvgIpc) is 3.44. The highest BCUT2D eigenvalue weighted by Gasteiger charge is 2.42. The van der Waals surface area contributed by atoms with Crippen LogP contribution in [0.1, 0.15) is 43.1 Å². The molecule has 7 nitrogen and oxygen atoms in total. The smallest absolute Gasteiger partial charge is 0.247 e. The zero-order valence-electron chi connectivity index (χ0n) is 18.8. The number of imidazole rings is 1. The van der Waals surface area contributed by atoms with Gasteiger partial charge < -0.3 is 20.5 Å². The lowest BCUT2D eigenvalue weighted by atomic mass is 9.92. The minimum absolute atomic E-state index is 0.0296. The molecule has 180 valence electrons. The Bertz CT molecular complexity index is 1370. The molecule has 6 rings (SSSR count). The lowest BCUT2D eigenvalue weighted by Crippen LogP contribution is -2.39. The van der Waals surface area contributed by atoms with Crippen molar-refractivity contribution in [3.05, 3.63) is 64.7 Å². The lowest BCUT2D eigenvalue weighted by Gasteiger charge is -2.33. The molecule has 3 aliphatic heterocycles. The van der Waals surface area contributed by atoms with Gasteiger partial charge in [0.1, 0.15) is 5.82 Å². The number of carbonyl (C=O) groups excluding carboxylic acids is 1. The van der Waals surface area contributed by atoms with Gasteiger partial charge in [0.15, 0.2) is 17.5 Å². The Labute approximate surface area is 205 Å². The molecule has 35 heavy (non-hydrogen) atoms. The highest BCUT2D eigenvalue weighted by molar-refractivity contribution is 6.31. The predicted molar refractivity (Wildman–Crippen MR) is 130 cm³/mol. The Kier molecular flexibility index (Phi) is 5.25. The molecule has 2 fully saturated rings. The van der Waals surface area contributed by atoms with E-state index in [0.29, 0.717) is 41.3 Å². The van der Waals surface area contributed by atoms with Crippen molar-refractivity contribution >= 4 is 34.6 Å². The van der Waals surface area contributed by atoms with Gasteiger partial charge >= 0.3 is 0 Å². The van der Waals surface area contributed by atoms with Crippen molar-refractivity contribution < 1.29 is 13.6 Å². The number of pyridine rings is 1. The number of nitrogen functional groups attached to an aromatic ring is 1. The number of nitrogens with zero attached hydrogens (tertiary/aromatic N) is 4. The number of halogens is 3. The van der Waals surface area contributed by atoms with E-state index < -0.39 is 5.82 Å². The molecule has 10 heteroatoms. The molecule has 0 saturated carbocycles. The van der Waals surface area contributed by atoms with Crippen LogP contribution in [0.15, 0.2) is 36.7 Å². The summed E-state index contributed by atoms with van der Waals surface area (Å²) in [6.45, 7) is 1.59. The van der Waals surface area contributed by atoms with Crippen LogP contribution in [0.2, 0.25) is 5.02 Å². The van der Waals surface area contributed by atoms with E-state index in [1.165, 1.54) is 12.1 Å². The van der Waals surface area contributed by atoms with E-state index in [-0.39, 0.29) is 40.1 Å². The molecule has 0 aliphatic carbocycles. The van der Waals surface area contributed by atoms with Gasteiger partial charge in [-0.25, -0.2) is 18.7 Å². The Morgan fingerprint density at radius 1 is 1.11 bits per heavy atom. The van der Waals surface area contributed by atoms with Gasteiger partial charge in [-0.15, -0.1) is 0 Å². The van der Waals surface area contributed by atoms with Crippen LogP contribution in [0.4, 0.5) is 20.3 Å². The van der Waals surface area contributed by atoms with Crippen molar-refractivity contribution in [2.24, 2.45) is 0 Å². The molecule has 3 N–H and O–H groups in total. The van der Waals surface area contributed by atoms with Gasteiger partial charge in [-0.1, -0.05) is 11.6 Å². The average molecular weight is 497 g/mol. The number of benzene rings is 1. The number of hydrogen-bond donors (Lipinski definition) is 2. The molecule has 3 aromatic rings. The monoisotopic (exact) mass is 496 g/mol. The molecule has 0 radical (unpaired) electrons. The Morgan fingerprint density at radius 3 is 2.71 bits per heavy atom. The van der Waals surface area contributed by atoms with Crippen LogP contribution in [0, 0.1) is 11.6 Å². The zero-order valence-corrected chi connectivity index (χ0v) is 19.5. The first-order valence-corrected chi connectivity index (χ1v) is 12.0. The van der Waals surface area contributed by atoms with E-state index in [2.05, 4.69) is 15.0 Å². The first-order valence-electron chi connectivity index (χ1n) is 11.6. The van der Waals surface area contributed by atoms with Crippen molar-refractivity contribution in [3.63, 3.8) is 0 Å². The second-order valence-electron chi connectivity index (χ2n) is 9.21. The van der Waals surface area contributed by atoms with Crippen LogP contribution in [-0.2, 0) is 4.79 Å². The SMILES string of the molecule is Nc1ccc(Cl)c(F)c1C1=CC(=O)N2[C@H](CC[C@H]2c2ncc(-c3ccnc(N4CCC4)c3F)[nH]2)C1. The van der Waals surface area contributed by atoms with Crippen LogP contribution in [-0.4, -0.2) is 44.9 Å². The summed E-state index contributed by atoms with van der Waals surface area (Å²) in [4.78, 5) is 28.8. The minimum atomic E-state index is -0.610. The summed E-state index contributed by atoms with van der Waals surface area (Å²) in [5, 5.41) is -0.0296. The van der Waals surface area contributed by atoms with Crippen molar-refractivity contribution in [2.75, 3.05) is 23.7 Å². The molecular weight excluding hydrogens is 474 g/mol. The largest absolute Gasteiger partial charge is 0.398 e. The first-order chi connectivity index (χ1) is 16.9. The van der Waals surface area contributed by atoms with Crippen LogP contribution >= 0.6 is 11.6 Å². The standard InChI is InChI=1S/C25H23ClF2N6O/c26-16-3-4-17(29)21(23(16)28)13-10-14-2-5-19(34(14)20(35)11-13)24-31-12-18(32-24)15-6-7-30-25(22(15)27)33-8-1-9-33/h3-4,6-7,11-12,14,19H,1-2,5,8-10,29H2,(H,31,32)/t14-,19+/m1/s1. The topological polar surface area (TPSA) is 91.1 Å².